The first-order chi connectivity index (χ1) is 9.77. The average molecular weight is 274 g/mol. The zero-order chi connectivity index (χ0) is 14.4. The highest BCUT2D eigenvalue weighted by Crippen LogP contribution is 2.31. The Bertz CT molecular complexity index is 394. The van der Waals surface area contributed by atoms with E-state index in [1.54, 1.807) is 0 Å². The highest BCUT2D eigenvalue weighted by Gasteiger charge is 2.30. The predicted octanol–water partition coefficient (Wildman–Crippen LogP) is 3.90. The van der Waals surface area contributed by atoms with Crippen molar-refractivity contribution in [1.29, 1.82) is 0 Å². The van der Waals surface area contributed by atoms with E-state index in [-0.39, 0.29) is 6.04 Å². The van der Waals surface area contributed by atoms with E-state index in [0.29, 0.717) is 6.04 Å². The molecule has 20 heavy (non-hydrogen) atoms. The number of aryl methyl sites for hydroxylation is 1. The first-order valence-corrected chi connectivity index (χ1v) is 8.35. The van der Waals surface area contributed by atoms with E-state index in [1.165, 1.54) is 62.7 Å². The minimum atomic E-state index is 0.189. The molecule has 0 aromatic heterocycles. The van der Waals surface area contributed by atoms with Crippen LogP contribution in [-0.2, 0) is 6.42 Å². The van der Waals surface area contributed by atoms with Gasteiger partial charge >= 0.3 is 0 Å². The lowest BCUT2D eigenvalue weighted by Crippen LogP contribution is -2.46. The third-order valence-corrected chi connectivity index (χ3v) is 4.60. The predicted molar refractivity (Wildman–Crippen MR) is 86.9 cm³/mol. The Morgan fingerprint density at radius 1 is 1.10 bits per heavy atom. The van der Waals surface area contributed by atoms with Crippen molar-refractivity contribution in [2.45, 2.75) is 64.5 Å². The summed E-state index contributed by atoms with van der Waals surface area (Å²) in [6.07, 6.45) is 7.50. The maximum absolute atomic E-state index is 6.59. The van der Waals surface area contributed by atoms with Gasteiger partial charge in [-0.1, -0.05) is 51.0 Å². The lowest BCUT2D eigenvalue weighted by Gasteiger charge is -2.39. The van der Waals surface area contributed by atoms with Crippen LogP contribution >= 0.6 is 0 Å². The molecule has 0 aliphatic heterocycles. The first-order valence-electron chi connectivity index (χ1n) is 8.35. The van der Waals surface area contributed by atoms with Crippen molar-refractivity contribution < 1.29 is 0 Å². The van der Waals surface area contributed by atoms with Gasteiger partial charge in [-0.05, 0) is 49.9 Å². The van der Waals surface area contributed by atoms with Crippen LogP contribution in [0.15, 0.2) is 24.3 Å². The fourth-order valence-corrected chi connectivity index (χ4v) is 3.35. The Morgan fingerprint density at radius 2 is 1.75 bits per heavy atom. The van der Waals surface area contributed by atoms with Crippen LogP contribution in [0.25, 0.3) is 0 Å². The molecule has 0 radical (unpaired) electrons. The Hall–Kier alpha value is -0.860. The minimum absolute atomic E-state index is 0.189. The second-order valence-electron chi connectivity index (χ2n) is 6.07. The Morgan fingerprint density at radius 3 is 2.40 bits per heavy atom. The number of unbranched alkanes of at least 4 members (excludes halogenated alkanes) is 2. The van der Waals surface area contributed by atoms with Gasteiger partial charge in [-0.3, -0.25) is 4.90 Å². The SMILES string of the molecule is CCCCN(CCCC)C1CCc2ccccc2C1N. The highest BCUT2D eigenvalue weighted by molar-refractivity contribution is 5.33. The summed E-state index contributed by atoms with van der Waals surface area (Å²) in [6.45, 7) is 6.95. The molecular weight excluding hydrogens is 244 g/mol. The van der Waals surface area contributed by atoms with E-state index in [2.05, 4.69) is 43.0 Å². The summed E-state index contributed by atoms with van der Waals surface area (Å²) >= 11 is 0. The molecule has 0 bridgehead atoms. The van der Waals surface area contributed by atoms with Crippen LogP contribution in [0.1, 0.15) is 63.1 Å². The number of hydrogen-bond donors (Lipinski definition) is 1. The average Bonchev–Trinajstić information content (AvgIpc) is 2.49. The number of nitrogens with zero attached hydrogens (tertiary/aromatic N) is 1. The third kappa shape index (κ3) is 3.62. The molecule has 1 aromatic carbocycles. The van der Waals surface area contributed by atoms with Gasteiger partial charge in [-0.25, -0.2) is 0 Å². The summed E-state index contributed by atoms with van der Waals surface area (Å²) in [5.41, 5.74) is 9.43. The molecule has 2 heteroatoms. The van der Waals surface area contributed by atoms with Crippen molar-refractivity contribution in [2.24, 2.45) is 5.73 Å². The van der Waals surface area contributed by atoms with Crippen molar-refractivity contribution in [3.8, 4) is 0 Å². The molecule has 0 saturated carbocycles. The summed E-state index contributed by atoms with van der Waals surface area (Å²) in [5.74, 6) is 0. The molecule has 1 aliphatic carbocycles. The number of benzene rings is 1. The smallest absolute Gasteiger partial charge is 0.0455 e. The van der Waals surface area contributed by atoms with Gasteiger partial charge in [0.05, 0.1) is 0 Å². The van der Waals surface area contributed by atoms with Gasteiger partial charge in [-0.2, -0.15) is 0 Å². The van der Waals surface area contributed by atoms with Crippen LogP contribution in [0.2, 0.25) is 0 Å². The summed E-state index contributed by atoms with van der Waals surface area (Å²) in [7, 11) is 0. The van der Waals surface area contributed by atoms with Gasteiger partial charge in [0.15, 0.2) is 0 Å². The topological polar surface area (TPSA) is 29.3 Å². The van der Waals surface area contributed by atoms with Gasteiger partial charge < -0.3 is 5.73 Å². The first kappa shape index (κ1) is 15.5. The minimum Gasteiger partial charge on any atom is -0.323 e. The number of rotatable bonds is 7. The van der Waals surface area contributed by atoms with Crippen molar-refractivity contribution in [1.82, 2.24) is 4.90 Å². The van der Waals surface area contributed by atoms with E-state index in [4.69, 9.17) is 5.73 Å². The van der Waals surface area contributed by atoms with E-state index < -0.39 is 0 Å². The standard InChI is InChI=1S/C18H30N2/c1-3-5-13-20(14-6-4-2)17-12-11-15-9-7-8-10-16(15)18(17)19/h7-10,17-18H,3-6,11-14,19H2,1-2H3. The maximum Gasteiger partial charge on any atom is 0.0455 e. The molecule has 0 heterocycles. The summed E-state index contributed by atoms with van der Waals surface area (Å²) in [5, 5.41) is 0. The molecule has 1 aromatic rings. The Kier molecular flexibility index (Phi) is 6.06. The van der Waals surface area contributed by atoms with Crippen molar-refractivity contribution >= 4 is 0 Å². The Balaban J connectivity index is 2.09. The molecule has 1 aliphatic rings. The van der Waals surface area contributed by atoms with Gasteiger partial charge in [0, 0.05) is 12.1 Å². The van der Waals surface area contributed by atoms with Crippen LogP contribution in [0.4, 0.5) is 0 Å². The summed E-state index contributed by atoms with van der Waals surface area (Å²) < 4.78 is 0. The second-order valence-corrected chi connectivity index (χ2v) is 6.07. The monoisotopic (exact) mass is 274 g/mol. The highest BCUT2D eigenvalue weighted by atomic mass is 15.2. The summed E-state index contributed by atoms with van der Waals surface area (Å²) in [4.78, 5) is 2.66. The van der Waals surface area contributed by atoms with Crippen LogP contribution < -0.4 is 5.73 Å². The number of fused-ring (bicyclic) bond motifs is 1. The van der Waals surface area contributed by atoms with Crippen molar-refractivity contribution in [3.05, 3.63) is 35.4 Å². The van der Waals surface area contributed by atoms with Crippen LogP contribution in [0.3, 0.4) is 0 Å². The zero-order valence-electron chi connectivity index (χ0n) is 13.1. The van der Waals surface area contributed by atoms with Gasteiger partial charge in [0.25, 0.3) is 0 Å². The van der Waals surface area contributed by atoms with Crippen LogP contribution in [0, 0.1) is 0 Å². The number of hydrogen-bond acceptors (Lipinski definition) is 2. The van der Waals surface area contributed by atoms with Crippen molar-refractivity contribution in [2.75, 3.05) is 13.1 Å². The van der Waals surface area contributed by atoms with Gasteiger partial charge in [0.1, 0.15) is 0 Å². The fourth-order valence-electron chi connectivity index (χ4n) is 3.35. The molecule has 0 amide bonds. The molecule has 2 nitrogen and oxygen atoms in total. The molecule has 2 atom stereocenters. The molecule has 2 rings (SSSR count). The quantitative estimate of drug-likeness (QED) is 0.817. The molecule has 112 valence electrons. The largest absolute Gasteiger partial charge is 0.323 e. The lowest BCUT2D eigenvalue weighted by molar-refractivity contribution is 0.150. The van der Waals surface area contributed by atoms with E-state index in [9.17, 15) is 0 Å². The van der Waals surface area contributed by atoms with Gasteiger partial charge in [0.2, 0.25) is 0 Å². The second kappa shape index (κ2) is 7.80. The fraction of sp³-hybridized carbons (Fsp3) is 0.667. The van der Waals surface area contributed by atoms with E-state index in [1.807, 2.05) is 0 Å². The molecule has 0 saturated heterocycles. The van der Waals surface area contributed by atoms with E-state index in [0.717, 1.165) is 0 Å². The summed E-state index contributed by atoms with van der Waals surface area (Å²) in [6, 6.07) is 9.45. The lowest BCUT2D eigenvalue weighted by atomic mass is 9.83. The molecule has 0 spiro atoms. The van der Waals surface area contributed by atoms with Crippen LogP contribution in [0.5, 0.6) is 0 Å². The Labute approximate surface area is 124 Å². The molecular formula is C18H30N2. The number of nitrogens with two attached hydrogens (primary N) is 1. The molecule has 2 unspecified atom stereocenters. The third-order valence-electron chi connectivity index (χ3n) is 4.60. The zero-order valence-corrected chi connectivity index (χ0v) is 13.1. The molecule has 0 fully saturated rings. The van der Waals surface area contributed by atoms with Crippen molar-refractivity contribution in [3.63, 3.8) is 0 Å². The normalized spacial score (nSPS) is 22.0. The van der Waals surface area contributed by atoms with Crippen LogP contribution in [-0.4, -0.2) is 24.0 Å². The van der Waals surface area contributed by atoms with Gasteiger partial charge in [-0.15, -0.1) is 0 Å². The van der Waals surface area contributed by atoms with E-state index >= 15 is 0 Å². The maximum atomic E-state index is 6.59. The molecule has 2 N–H and O–H groups in total.